The summed E-state index contributed by atoms with van der Waals surface area (Å²) in [6.45, 7) is 2.18. The van der Waals surface area contributed by atoms with E-state index in [1.54, 1.807) is 7.11 Å². The van der Waals surface area contributed by atoms with E-state index in [0.29, 0.717) is 12.2 Å². The summed E-state index contributed by atoms with van der Waals surface area (Å²) in [5.41, 5.74) is 1.23. The van der Waals surface area contributed by atoms with Gasteiger partial charge in [-0.15, -0.1) is 0 Å². The fraction of sp³-hybridized carbons (Fsp3) is 0.500. The number of carbonyl (C=O) groups is 1. The van der Waals surface area contributed by atoms with Crippen LogP contribution in [-0.2, 0) is 10.2 Å². The first-order valence-corrected chi connectivity index (χ1v) is 5.80. The Morgan fingerprint density at radius 3 is 2.88 bits per heavy atom. The number of rotatable bonds is 2. The fourth-order valence-corrected chi connectivity index (χ4v) is 2.53. The Hall–Kier alpha value is -1.31. The summed E-state index contributed by atoms with van der Waals surface area (Å²) in [6.07, 6.45) is 3.51. The molecule has 0 unspecified atom stereocenters. The van der Waals surface area contributed by atoms with Crippen LogP contribution in [0.15, 0.2) is 24.3 Å². The molecule has 0 saturated heterocycles. The molecule has 0 heterocycles. The van der Waals surface area contributed by atoms with Gasteiger partial charge in [-0.25, -0.2) is 0 Å². The third-order valence-electron chi connectivity index (χ3n) is 3.54. The number of carbonyl (C=O) groups excluding carboxylic acids is 1. The highest BCUT2D eigenvalue weighted by atomic mass is 16.5. The van der Waals surface area contributed by atoms with Gasteiger partial charge in [-0.05, 0) is 36.0 Å². The minimum absolute atomic E-state index is 0.00384. The molecule has 0 radical (unpaired) electrons. The summed E-state index contributed by atoms with van der Waals surface area (Å²) in [4.78, 5) is 11.6. The molecule has 16 heavy (non-hydrogen) atoms. The zero-order chi connectivity index (χ0) is 11.6. The van der Waals surface area contributed by atoms with Crippen molar-refractivity contribution in [3.63, 3.8) is 0 Å². The maximum absolute atomic E-state index is 11.6. The molecule has 1 aliphatic rings. The van der Waals surface area contributed by atoms with Crippen LogP contribution < -0.4 is 4.74 Å². The van der Waals surface area contributed by atoms with Crippen LogP contribution in [0.25, 0.3) is 0 Å². The van der Waals surface area contributed by atoms with Crippen molar-refractivity contribution in [3.8, 4) is 5.75 Å². The molecule has 0 bridgehead atoms. The van der Waals surface area contributed by atoms with Crippen molar-refractivity contribution in [1.29, 1.82) is 0 Å². The van der Waals surface area contributed by atoms with E-state index in [9.17, 15) is 4.79 Å². The number of hydrogen-bond donors (Lipinski definition) is 0. The highest BCUT2D eigenvalue weighted by Crippen LogP contribution is 2.38. The van der Waals surface area contributed by atoms with Gasteiger partial charge in [0.2, 0.25) is 0 Å². The maximum atomic E-state index is 11.6. The van der Waals surface area contributed by atoms with E-state index < -0.39 is 0 Å². The summed E-state index contributed by atoms with van der Waals surface area (Å²) in [7, 11) is 1.67. The maximum Gasteiger partial charge on any atom is 0.133 e. The standard InChI is InChI=1S/C14H18O2/c1-14(8-4-6-12(15)10-14)11-5-3-7-13(9-11)16-2/h3,5,7,9H,4,6,8,10H2,1-2H3/t14-/m0/s1. The first-order chi connectivity index (χ1) is 7.64. The molecule has 1 fully saturated rings. The highest BCUT2D eigenvalue weighted by Gasteiger charge is 2.32. The molecule has 86 valence electrons. The van der Waals surface area contributed by atoms with Crippen molar-refractivity contribution in [1.82, 2.24) is 0 Å². The van der Waals surface area contributed by atoms with Gasteiger partial charge < -0.3 is 4.74 Å². The highest BCUT2D eigenvalue weighted by molar-refractivity contribution is 5.80. The van der Waals surface area contributed by atoms with E-state index in [4.69, 9.17) is 4.74 Å². The lowest BCUT2D eigenvalue weighted by atomic mass is 9.70. The second-order valence-electron chi connectivity index (χ2n) is 4.86. The molecule has 1 aromatic rings. The number of methoxy groups -OCH3 is 1. The van der Waals surface area contributed by atoms with Gasteiger partial charge in [-0.1, -0.05) is 19.1 Å². The van der Waals surface area contributed by atoms with Crippen LogP contribution in [0.1, 0.15) is 38.2 Å². The molecule has 0 amide bonds. The lowest BCUT2D eigenvalue weighted by Crippen LogP contribution is -2.29. The average Bonchev–Trinajstić information content (AvgIpc) is 2.29. The summed E-state index contributed by atoms with van der Waals surface area (Å²) >= 11 is 0. The molecule has 2 rings (SSSR count). The van der Waals surface area contributed by atoms with Crippen LogP contribution in [0.4, 0.5) is 0 Å². The van der Waals surface area contributed by atoms with Crippen molar-refractivity contribution in [2.24, 2.45) is 0 Å². The van der Waals surface area contributed by atoms with Crippen molar-refractivity contribution >= 4 is 5.78 Å². The molecule has 1 saturated carbocycles. The van der Waals surface area contributed by atoms with Crippen LogP contribution in [0.5, 0.6) is 5.75 Å². The molecule has 1 aromatic carbocycles. The van der Waals surface area contributed by atoms with Crippen LogP contribution >= 0.6 is 0 Å². The average molecular weight is 218 g/mol. The molecular formula is C14H18O2. The molecule has 2 heteroatoms. The third-order valence-corrected chi connectivity index (χ3v) is 3.54. The largest absolute Gasteiger partial charge is 0.497 e. The van der Waals surface area contributed by atoms with Gasteiger partial charge in [-0.3, -0.25) is 4.79 Å². The molecule has 1 aliphatic carbocycles. The second kappa shape index (κ2) is 4.28. The monoisotopic (exact) mass is 218 g/mol. The molecule has 2 nitrogen and oxygen atoms in total. The Morgan fingerprint density at radius 2 is 2.19 bits per heavy atom. The van der Waals surface area contributed by atoms with Crippen LogP contribution in [0.2, 0.25) is 0 Å². The Labute approximate surface area is 96.6 Å². The Kier molecular flexibility index (Phi) is 2.99. The lowest BCUT2D eigenvalue weighted by molar-refractivity contribution is -0.121. The summed E-state index contributed by atoms with van der Waals surface area (Å²) in [5.74, 6) is 1.26. The molecule has 0 aromatic heterocycles. The molecular weight excluding hydrogens is 200 g/mol. The SMILES string of the molecule is COc1cccc([C@@]2(C)CCCC(=O)C2)c1. The van der Waals surface area contributed by atoms with E-state index in [2.05, 4.69) is 19.1 Å². The second-order valence-corrected chi connectivity index (χ2v) is 4.86. The topological polar surface area (TPSA) is 26.3 Å². The minimum Gasteiger partial charge on any atom is -0.497 e. The zero-order valence-corrected chi connectivity index (χ0v) is 9.95. The van der Waals surface area contributed by atoms with Gasteiger partial charge in [-0.2, -0.15) is 0 Å². The first-order valence-electron chi connectivity index (χ1n) is 5.80. The molecule has 0 spiro atoms. The Morgan fingerprint density at radius 1 is 1.38 bits per heavy atom. The van der Waals surface area contributed by atoms with Crippen molar-refractivity contribution in [2.45, 2.75) is 38.0 Å². The summed E-state index contributed by atoms with van der Waals surface area (Å²) in [6, 6.07) is 8.09. The summed E-state index contributed by atoms with van der Waals surface area (Å²) in [5, 5.41) is 0. The zero-order valence-electron chi connectivity index (χ0n) is 9.95. The number of benzene rings is 1. The van der Waals surface area contributed by atoms with E-state index in [-0.39, 0.29) is 5.41 Å². The molecule has 0 aliphatic heterocycles. The lowest BCUT2D eigenvalue weighted by Gasteiger charge is -2.33. The van der Waals surface area contributed by atoms with Gasteiger partial charge in [0, 0.05) is 12.8 Å². The van der Waals surface area contributed by atoms with E-state index in [1.165, 1.54) is 5.56 Å². The van der Waals surface area contributed by atoms with Crippen molar-refractivity contribution < 1.29 is 9.53 Å². The normalized spacial score (nSPS) is 25.5. The van der Waals surface area contributed by atoms with Crippen LogP contribution in [0.3, 0.4) is 0 Å². The van der Waals surface area contributed by atoms with Crippen molar-refractivity contribution in [2.75, 3.05) is 7.11 Å². The minimum atomic E-state index is 0.00384. The smallest absolute Gasteiger partial charge is 0.133 e. The number of ketones is 1. The van der Waals surface area contributed by atoms with Gasteiger partial charge in [0.05, 0.1) is 7.11 Å². The number of ether oxygens (including phenoxy) is 1. The first kappa shape index (κ1) is 11.2. The van der Waals surface area contributed by atoms with Crippen molar-refractivity contribution in [3.05, 3.63) is 29.8 Å². The van der Waals surface area contributed by atoms with Crippen LogP contribution in [-0.4, -0.2) is 12.9 Å². The third kappa shape index (κ3) is 2.11. The predicted octanol–water partition coefficient (Wildman–Crippen LogP) is 3.10. The van der Waals surface area contributed by atoms with E-state index in [0.717, 1.165) is 25.0 Å². The van der Waals surface area contributed by atoms with Gasteiger partial charge >= 0.3 is 0 Å². The van der Waals surface area contributed by atoms with E-state index in [1.807, 2.05) is 12.1 Å². The van der Waals surface area contributed by atoms with Crippen LogP contribution in [0, 0.1) is 0 Å². The number of hydrogen-bond acceptors (Lipinski definition) is 2. The quantitative estimate of drug-likeness (QED) is 0.762. The van der Waals surface area contributed by atoms with Gasteiger partial charge in [0.1, 0.15) is 11.5 Å². The van der Waals surface area contributed by atoms with Gasteiger partial charge in [0.25, 0.3) is 0 Å². The van der Waals surface area contributed by atoms with Gasteiger partial charge in [0.15, 0.2) is 0 Å². The molecule has 1 atom stereocenters. The van der Waals surface area contributed by atoms with E-state index >= 15 is 0 Å². The predicted molar refractivity (Wildman–Crippen MR) is 63.8 cm³/mol. The Bertz CT molecular complexity index is 397. The Balaban J connectivity index is 2.30. The number of Topliss-reactive ketones (excluding diaryl/α,β-unsaturated/α-hetero) is 1. The summed E-state index contributed by atoms with van der Waals surface area (Å²) < 4.78 is 5.23. The fourth-order valence-electron chi connectivity index (χ4n) is 2.53. The molecule has 0 N–H and O–H groups in total.